The molecule has 2 unspecified atom stereocenters. The maximum Gasteiger partial charge on any atom is 0.0824 e. The summed E-state index contributed by atoms with van der Waals surface area (Å²) < 4.78 is 11.2. The number of hydrogen-bond acceptors (Lipinski definition) is 4. The van der Waals surface area contributed by atoms with Gasteiger partial charge in [-0.25, -0.2) is 0 Å². The summed E-state index contributed by atoms with van der Waals surface area (Å²) in [5.41, 5.74) is 0. The van der Waals surface area contributed by atoms with Crippen molar-refractivity contribution in [1.82, 2.24) is 10.6 Å². The first-order valence-electron chi connectivity index (χ1n) is 6.10. The van der Waals surface area contributed by atoms with Crippen molar-refractivity contribution < 1.29 is 9.47 Å². The normalized spacial score (nSPS) is 32.0. The Labute approximate surface area is 91.7 Å². The van der Waals surface area contributed by atoms with Gasteiger partial charge in [-0.3, -0.25) is 0 Å². The zero-order valence-electron chi connectivity index (χ0n) is 9.34. The Bertz CT molecular complexity index is 166. The molecule has 2 heterocycles. The van der Waals surface area contributed by atoms with Crippen LogP contribution in [-0.4, -0.2) is 51.6 Å². The highest BCUT2D eigenvalue weighted by Gasteiger charge is 2.15. The topological polar surface area (TPSA) is 42.5 Å². The highest BCUT2D eigenvalue weighted by molar-refractivity contribution is 4.71. The number of rotatable bonds is 5. The molecule has 2 aliphatic heterocycles. The Morgan fingerprint density at radius 1 is 1.20 bits per heavy atom. The SMILES string of the molecule is C1COC(CCNCC2CNCCO2)C1. The Balaban J connectivity index is 1.47. The highest BCUT2D eigenvalue weighted by atomic mass is 16.5. The van der Waals surface area contributed by atoms with Gasteiger partial charge in [-0.15, -0.1) is 0 Å². The van der Waals surface area contributed by atoms with Gasteiger partial charge < -0.3 is 20.1 Å². The van der Waals surface area contributed by atoms with Gasteiger partial charge in [-0.05, 0) is 25.8 Å². The lowest BCUT2D eigenvalue weighted by atomic mass is 10.2. The van der Waals surface area contributed by atoms with E-state index in [2.05, 4.69) is 10.6 Å². The third-order valence-corrected chi connectivity index (χ3v) is 3.04. The molecule has 0 aromatic heterocycles. The van der Waals surface area contributed by atoms with Gasteiger partial charge in [-0.2, -0.15) is 0 Å². The number of ether oxygens (including phenoxy) is 2. The van der Waals surface area contributed by atoms with Crippen molar-refractivity contribution >= 4 is 0 Å². The minimum Gasteiger partial charge on any atom is -0.378 e. The van der Waals surface area contributed by atoms with E-state index < -0.39 is 0 Å². The molecule has 2 rings (SSSR count). The van der Waals surface area contributed by atoms with E-state index in [1.165, 1.54) is 12.8 Å². The smallest absolute Gasteiger partial charge is 0.0824 e. The van der Waals surface area contributed by atoms with Gasteiger partial charge in [0.05, 0.1) is 18.8 Å². The maximum atomic E-state index is 5.59. The number of morpholine rings is 1. The van der Waals surface area contributed by atoms with E-state index in [0.717, 1.165) is 45.8 Å². The molecule has 0 radical (unpaired) electrons. The molecule has 0 bridgehead atoms. The Morgan fingerprint density at radius 2 is 2.13 bits per heavy atom. The van der Waals surface area contributed by atoms with Crippen LogP contribution in [0, 0.1) is 0 Å². The molecule has 2 atom stereocenters. The second-order valence-electron chi connectivity index (χ2n) is 4.32. The summed E-state index contributed by atoms with van der Waals surface area (Å²) in [6, 6.07) is 0. The second-order valence-corrected chi connectivity index (χ2v) is 4.32. The first-order chi connectivity index (χ1) is 7.45. The van der Waals surface area contributed by atoms with Crippen molar-refractivity contribution in [3.05, 3.63) is 0 Å². The monoisotopic (exact) mass is 214 g/mol. The minimum atomic E-state index is 0.350. The third-order valence-electron chi connectivity index (χ3n) is 3.04. The second kappa shape index (κ2) is 6.43. The molecule has 4 heteroatoms. The van der Waals surface area contributed by atoms with Crippen LogP contribution >= 0.6 is 0 Å². The van der Waals surface area contributed by atoms with Gasteiger partial charge in [0.1, 0.15) is 0 Å². The lowest BCUT2D eigenvalue weighted by Crippen LogP contribution is -2.44. The van der Waals surface area contributed by atoms with E-state index in [-0.39, 0.29) is 0 Å². The third kappa shape index (κ3) is 4.07. The van der Waals surface area contributed by atoms with E-state index in [1.54, 1.807) is 0 Å². The summed E-state index contributed by atoms with van der Waals surface area (Å²) in [7, 11) is 0. The summed E-state index contributed by atoms with van der Waals surface area (Å²) in [5.74, 6) is 0. The molecule has 2 fully saturated rings. The van der Waals surface area contributed by atoms with Crippen LogP contribution in [0.3, 0.4) is 0 Å². The van der Waals surface area contributed by atoms with Gasteiger partial charge in [0.2, 0.25) is 0 Å². The average molecular weight is 214 g/mol. The molecule has 15 heavy (non-hydrogen) atoms. The average Bonchev–Trinajstić information content (AvgIpc) is 2.79. The van der Waals surface area contributed by atoms with Crippen LogP contribution < -0.4 is 10.6 Å². The number of hydrogen-bond donors (Lipinski definition) is 2. The van der Waals surface area contributed by atoms with E-state index in [9.17, 15) is 0 Å². The van der Waals surface area contributed by atoms with Crippen molar-refractivity contribution in [3.63, 3.8) is 0 Å². The largest absolute Gasteiger partial charge is 0.378 e. The number of nitrogens with one attached hydrogen (secondary N) is 2. The molecular weight excluding hydrogens is 192 g/mol. The Morgan fingerprint density at radius 3 is 2.87 bits per heavy atom. The summed E-state index contributed by atoms with van der Waals surface area (Å²) in [4.78, 5) is 0. The van der Waals surface area contributed by atoms with Crippen molar-refractivity contribution in [3.8, 4) is 0 Å². The molecule has 88 valence electrons. The van der Waals surface area contributed by atoms with E-state index in [4.69, 9.17) is 9.47 Å². The molecule has 0 aromatic carbocycles. The van der Waals surface area contributed by atoms with Crippen LogP contribution in [0.4, 0.5) is 0 Å². The lowest BCUT2D eigenvalue weighted by Gasteiger charge is -2.24. The van der Waals surface area contributed by atoms with Crippen molar-refractivity contribution in [2.45, 2.75) is 31.5 Å². The molecule has 2 N–H and O–H groups in total. The van der Waals surface area contributed by atoms with Crippen LogP contribution in [0.5, 0.6) is 0 Å². The van der Waals surface area contributed by atoms with Gasteiger partial charge >= 0.3 is 0 Å². The predicted octanol–water partition coefficient (Wildman–Crippen LogP) is 0.134. The highest BCUT2D eigenvalue weighted by Crippen LogP contribution is 2.14. The van der Waals surface area contributed by atoms with Crippen LogP contribution in [0.15, 0.2) is 0 Å². The maximum absolute atomic E-state index is 5.59. The molecule has 4 nitrogen and oxygen atoms in total. The zero-order chi connectivity index (χ0) is 10.3. The van der Waals surface area contributed by atoms with Crippen LogP contribution in [0.1, 0.15) is 19.3 Å². The predicted molar refractivity (Wildman–Crippen MR) is 59.1 cm³/mol. The van der Waals surface area contributed by atoms with Crippen LogP contribution in [0.25, 0.3) is 0 Å². The molecule has 0 amide bonds. The van der Waals surface area contributed by atoms with Gasteiger partial charge in [0.25, 0.3) is 0 Å². The minimum absolute atomic E-state index is 0.350. The first-order valence-corrected chi connectivity index (χ1v) is 6.10. The molecule has 2 saturated heterocycles. The molecule has 2 aliphatic rings. The van der Waals surface area contributed by atoms with Crippen LogP contribution in [0.2, 0.25) is 0 Å². The summed E-state index contributed by atoms with van der Waals surface area (Å²) in [6.45, 7) is 5.78. The van der Waals surface area contributed by atoms with Crippen molar-refractivity contribution in [2.24, 2.45) is 0 Å². The van der Waals surface area contributed by atoms with Crippen molar-refractivity contribution in [1.29, 1.82) is 0 Å². The fraction of sp³-hybridized carbons (Fsp3) is 1.00. The van der Waals surface area contributed by atoms with Gasteiger partial charge in [0.15, 0.2) is 0 Å². The lowest BCUT2D eigenvalue weighted by molar-refractivity contribution is 0.0284. The van der Waals surface area contributed by atoms with Gasteiger partial charge in [0, 0.05) is 26.2 Å². The van der Waals surface area contributed by atoms with Crippen LogP contribution in [-0.2, 0) is 9.47 Å². The molecule has 0 aliphatic carbocycles. The fourth-order valence-electron chi connectivity index (χ4n) is 2.15. The first kappa shape index (κ1) is 11.3. The quantitative estimate of drug-likeness (QED) is 0.639. The summed E-state index contributed by atoms with van der Waals surface area (Å²) in [5, 5.41) is 6.76. The Kier molecular flexibility index (Phi) is 4.86. The molecule has 0 saturated carbocycles. The summed E-state index contributed by atoms with van der Waals surface area (Å²) in [6.07, 6.45) is 4.47. The fourth-order valence-corrected chi connectivity index (χ4v) is 2.15. The van der Waals surface area contributed by atoms with Gasteiger partial charge in [-0.1, -0.05) is 0 Å². The molecule has 0 spiro atoms. The Hall–Kier alpha value is -0.160. The van der Waals surface area contributed by atoms with Crippen molar-refractivity contribution in [2.75, 3.05) is 39.4 Å². The summed E-state index contributed by atoms with van der Waals surface area (Å²) >= 11 is 0. The van der Waals surface area contributed by atoms with E-state index in [0.29, 0.717) is 12.2 Å². The van der Waals surface area contributed by atoms with E-state index in [1.807, 2.05) is 0 Å². The van der Waals surface area contributed by atoms with E-state index >= 15 is 0 Å². The molecule has 0 aromatic rings. The standard InChI is InChI=1S/C11H22N2O2/c1-2-10(14-6-1)3-4-12-8-11-9-13-5-7-15-11/h10-13H,1-9H2. The molecular formula is C11H22N2O2. The zero-order valence-corrected chi connectivity index (χ0v) is 9.34.